The van der Waals surface area contributed by atoms with E-state index in [9.17, 15) is 13.2 Å². The maximum atomic E-state index is 12.2. The van der Waals surface area contributed by atoms with Gasteiger partial charge in [-0.15, -0.1) is 0 Å². The molecule has 1 fully saturated rings. The van der Waals surface area contributed by atoms with Gasteiger partial charge in [-0.3, -0.25) is 9.89 Å². The van der Waals surface area contributed by atoms with Gasteiger partial charge in [0.2, 0.25) is 10.0 Å². The second-order valence-electron chi connectivity index (χ2n) is 5.10. The molecule has 9 heteroatoms. The van der Waals surface area contributed by atoms with Crippen molar-refractivity contribution in [1.82, 2.24) is 15.5 Å². The van der Waals surface area contributed by atoms with E-state index < -0.39 is 21.5 Å². The summed E-state index contributed by atoms with van der Waals surface area (Å²) in [5, 5.41) is 14.3. The SMILES string of the molecule is CCc1[nH]nc(C(=O)NC2(C)CCOC2)c1S(N)(=O)=O. The first-order valence-corrected chi connectivity index (χ1v) is 7.82. The number of nitrogens with zero attached hydrogens (tertiary/aromatic N) is 1. The summed E-state index contributed by atoms with van der Waals surface area (Å²) >= 11 is 0. The van der Waals surface area contributed by atoms with E-state index in [1.165, 1.54) is 0 Å². The standard InChI is InChI=1S/C11H18N4O4S/c1-3-7-9(20(12,17)18)8(15-14-7)10(16)13-11(2)4-5-19-6-11/h3-6H2,1-2H3,(H,13,16)(H,14,15)(H2,12,17,18). The van der Waals surface area contributed by atoms with Gasteiger partial charge in [-0.1, -0.05) is 6.92 Å². The number of carbonyl (C=O) groups excluding carboxylic acids is 1. The molecule has 112 valence electrons. The van der Waals surface area contributed by atoms with Gasteiger partial charge < -0.3 is 10.1 Å². The van der Waals surface area contributed by atoms with Crippen molar-refractivity contribution in [2.75, 3.05) is 13.2 Å². The number of hydrogen-bond donors (Lipinski definition) is 3. The van der Waals surface area contributed by atoms with Crippen LogP contribution in [0.5, 0.6) is 0 Å². The summed E-state index contributed by atoms with van der Waals surface area (Å²) < 4.78 is 28.5. The maximum Gasteiger partial charge on any atom is 0.273 e. The number of hydrogen-bond acceptors (Lipinski definition) is 5. The molecule has 2 rings (SSSR count). The predicted octanol–water partition coefficient (Wildman–Crippen LogP) is -0.472. The molecule has 1 unspecified atom stereocenters. The van der Waals surface area contributed by atoms with Gasteiger partial charge in [-0.2, -0.15) is 5.10 Å². The molecule has 1 aromatic rings. The zero-order chi connectivity index (χ0) is 15.0. The topological polar surface area (TPSA) is 127 Å². The minimum absolute atomic E-state index is 0.197. The van der Waals surface area contributed by atoms with E-state index in [1.807, 2.05) is 6.92 Å². The van der Waals surface area contributed by atoms with Gasteiger partial charge in [-0.05, 0) is 19.8 Å². The van der Waals surface area contributed by atoms with Crippen molar-refractivity contribution >= 4 is 15.9 Å². The number of ether oxygens (including phenoxy) is 1. The molecule has 1 amide bonds. The van der Waals surface area contributed by atoms with E-state index in [-0.39, 0.29) is 10.6 Å². The molecule has 0 bridgehead atoms. The van der Waals surface area contributed by atoms with Gasteiger partial charge >= 0.3 is 0 Å². The average molecular weight is 302 g/mol. The van der Waals surface area contributed by atoms with Crippen LogP contribution in [0, 0.1) is 0 Å². The number of rotatable bonds is 4. The average Bonchev–Trinajstić information content (AvgIpc) is 2.93. The van der Waals surface area contributed by atoms with Crippen molar-refractivity contribution in [3.05, 3.63) is 11.4 Å². The molecule has 2 heterocycles. The number of aromatic amines is 1. The van der Waals surface area contributed by atoms with Crippen molar-refractivity contribution in [3.8, 4) is 0 Å². The Bertz CT molecular complexity index is 616. The highest BCUT2D eigenvalue weighted by Gasteiger charge is 2.34. The Morgan fingerprint density at radius 1 is 1.60 bits per heavy atom. The molecule has 1 aliphatic heterocycles. The summed E-state index contributed by atoms with van der Waals surface area (Å²) in [6.45, 7) is 4.52. The second-order valence-corrected chi connectivity index (χ2v) is 6.59. The number of aryl methyl sites for hydroxylation is 1. The number of nitrogens with one attached hydrogen (secondary N) is 2. The molecule has 0 spiro atoms. The molecule has 0 aliphatic carbocycles. The minimum atomic E-state index is -4.02. The van der Waals surface area contributed by atoms with E-state index in [2.05, 4.69) is 15.5 Å². The molecule has 1 saturated heterocycles. The fraction of sp³-hybridized carbons (Fsp3) is 0.636. The van der Waals surface area contributed by atoms with Gasteiger partial charge in [0.25, 0.3) is 5.91 Å². The first-order chi connectivity index (χ1) is 9.27. The molecular formula is C11H18N4O4S. The van der Waals surface area contributed by atoms with Crippen LogP contribution in [0.25, 0.3) is 0 Å². The van der Waals surface area contributed by atoms with Crippen molar-refractivity contribution in [1.29, 1.82) is 0 Å². The lowest BCUT2D eigenvalue weighted by molar-refractivity contribution is 0.0881. The van der Waals surface area contributed by atoms with Gasteiger partial charge in [0.1, 0.15) is 4.90 Å². The van der Waals surface area contributed by atoms with Crippen molar-refractivity contribution in [2.24, 2.45) is 5.14 Å². The molecule has 1 atom stereocenters. The lowest BCUT2D eigenvalue weighted by Gasteiger charge is -2.23. The Hall–Kier alpha value is -1.45. The zero-order valence-electron chi connectivity index (χ0n) is 11.4. The van der Waals surface area contributed by atoms with Crippen LogP contribution in [0.2, 0.25) is 0 Å². The fourth-order valence-corrected chi connectivity index (χ4v) is 3.11. The van der Waals surface area contributed by atoms with Gasteiger partial charge in [-0.25, -0.2) is 13.6 Å². The van der Waals surface area contributed by atoms with Crippen LogP contribution < -0.4 is 10.5 Å². The van der Waals surface area contributed by atoms with Gasteiger partial charge in [0.15, 0.2) is 5.69 Å². The van der Waals surface area contributed by atoms with Crippen LogP contribution in [-0.4, -0.2) is 43.3 Å². The van der Waals surface area contributed by atoms with Gasteiger partial charge in [0.05, 0.1) is 17.8 Å². The molecule has 1 aliphatic rings. The van der Waals surface area contributed by atoms with Crippen LogP contribution >= 0.6 is 0 Å². The smallest absolute Gasteiger partial charge is 0.273 e. The third-order valence-corrected chi connectivity index (χ3v) is 4.29. The van der Waals surface area contributed by atoms with Crippen LogP contribution in [0.15, 0.2) is 4.90 Å². The van der Waals surface area contributed by atoms with Crippen LogP contribution in [0.3, 0.4) is 0 Å². The lowest BCUT2D eigenvalue weighted by atomic mass is 10.0. The maximum absolute atomic E-state index is 12.2. The highest BCUT2D eigenvalue weighted by Crippen LogP contribution is 2.21. The van der Waals surface area contributed by atoms with E-state index in [4.69, 9.17) is 9.88 Å². The molecule has 8 nitrogen and oxygen atoms in total. The highest BCUT2D eigenvalue weighted by molar-refractivity contribution is 7.89. The van der Waals surface area contributed by atoms with Crippen LogP contribution in [0.1, 0.15) is 36.5 Å². The molecule has 1 aromatic heterocycles. The largest absolute Gasteiger partial charge is 0.379 e. The Labute approximate surface area is 117 Å². The fourth-order valence-electron chi connectivity index (χ4n) is 2.17. The Balaban J connectivity index is 2.33. The summed E-state index contributed by atoms with van der Waals surface area (Å²) in [5.41, 5.74) is -0.388. The third-order valence-electron chi connectivity index (χ3n) is 3.28. The molecule has 4 N–H and O–H groups in total. The Morgan fingerprint density at radius 3 is 2.80 bits per heavy atom. The van der Waals surface area contributed by atoms with E-state index in [1.54, 1.807) is 6.92 Å². The van der Waals surface area contributed by atoms with E-state index >= 15 is 0 Å². The summed E-state index contributed by atoms with van der Waals surface area (Å²) in [7, 11) is -4.02. The summed E-state index contributed by atoms with van der Waals surface area (Å²) in [4.78, 5) is 12.0. The minimum Gasteiger partial charge on any atom is -0.379 e. The number of aromatic nitrogens is 2. The molecule has 0 saturated carbocycles. The Kier molecular flexibility index (Phi) is 3.85. The third kappa shape index (κ3) is 2.84. The monoisotopic (exact) mass is 302 g/mol. The number of nitrogens with two attached hydrogens (primary N) is 1. The second kappa shape index (κ2) is 5.15. The Morgan fingerprint density at radius 2 is 2.30 bits per heavy atom. The van der Waals surface area contributed by atoms with Gasteiger partial charge in [0, 0.05) is 6.61 Å². The van der Waals surface area contributed by atoms with Crippen molar-refractivity contribution in [2.45, 2.75) is 37.1 Å². The van der Waals surface area contributed by atoms with Crippen LogP contribution in [-0.2, 0) is 21.2 Å². The number of H-pyrrole nitrogens is 1. The number of carbonyl (C=O) groups is 1. The van der Waals surface area contributed by atoms with E-state index in [0.717, 1.165) is 0 Å². The lowest BCUT2D eigenvalue weighted by Crippen LogP contribution is -2.47. The molecular weight excluding hydrogens is 284 g/mol. The van der Waals surface area contributed by atoms with E-state index in [0.29, 0.717) is 31.7 Å². The summed E-state index contributed by atoms with van der Waals surface area (Å²) in [6, 6.07) is 0. The predicted molar refractivity (Wildman–Crippen MR) is 70.6 cm³/mol. The van der Waals surface area contributed by atoms with Crippen molar-refractivity contribution < 1.29 is 17.9 Å². The first-order valence-electron chi connectivity index (χ1n) is 6.27. The molecule has 0 aromatic carbocycles. The quantitative estimate of drug-likeness (QED) is 0.692. The number of sulfonamides is 1. The van der Waals surface area contributed by atoms with Crippen LogP contribution in [0.4, 0.5) is 0 Å². The highest BCUT2D eigenvalue weighted by atomic mass is 32.2. The normalized spacial score (nSPS) is 22.9. The first kappa shape index (κ1) is 14.9. The summed E-state index contributed by atoms with van der Waals surface area (Å²) in [6.07, 6.45) is 1.04. The van der Waals surface area contributed by atoms with Crippen molar-refractivity contribution in [3.63, 3.8) is 0 Å². The number of primary sulfonamides is 1. The summed E-state index contributed by atoms with van der Waals surface area (Å²) in [5.74, 6) is -0.571. The molecule has 20 heavy (non-hydrogen) atoms. The zero-order valence-corrected chi connectivity index (χ0v) is 12.2. The number of amides is 1. The molecule has 0 radical (unpaired) electrons.